The largest absolute Gasteiger partial charge is 0.423 e. The van der Waals surface area contributed by atoms with Gasteiger partial charge in [0.15, 0.2) is 0 Å². The fraction of sp³-hybridized carbons (Fsp3) is 0. The van der Waals surface area contributed by atoms with Gasteiger partial charge in [0.1, 0.15) is 5.58 Å². The second-order valence-electron chi connectivity index (χ2n) is 2.29. The van der Waals surface area contributed by atoms with Crippen LogP contribution in [0.25, 0.3) is 11.0 Å². The molecule has 0 saturated carbocycles. The van der Waals surface area contributed by atoms with Gasteiger partial charge in [-0.3, -0.25) is 11.7 Å². The number of rotatable bonds is 0. The molecular weight excluding hydrogens is 168 g/mol. The highest BCUT2D eigenvalue weighted by Crippen LogP contribution is 2.08. The van der Waals surface area contributed by atoms with E-state index in [4.69, 9.17) is 4.42 Å². The maximum absolute atomic E-state index is 10.7. The molecule has 2 rings (SSSR count). The highest BCUT2D eigenvalue weighted by Gasteiger charge is 1.92. The van der Waals surface area contributed by atoms with E-state index >= 15 is 0 Å². The van der Waals surface area contributed by atoms with E-state index in [1.54, 1.807) is 12.1 Å². The maximum Gasteiger partial charge on any atom is 0.336 e. The third-order valence-electron chi connectivity index (χ3n) is 1.53. The van der Waals surface area contributed by atoms with Crippen molar-refractivity contribution in [3.8, 4) is 0 Å². The topological polar surface area (TPSA) is 82.2 Å². The van der Waals surface area contributed by atoms with Gasteiger partial charge in [-0.05, 0) is 12.1 Å². The van der Waals surface area contributed by atoms with Gasteiger partial charge in [0.25, 0.3) is 0 Å². The van der Waals surface area contributed by atoms with Gasteiger partial charge in [-0.2, -0.15) is 0 Å². The van der Waals surface area contributed by atoms with Crippen LogP contribution in [0.4, 0.5) is 0 Å². The van der Waals surface area contributed by atoms with Crippen molar-refractivity contribution >= 4 is 11.0 Å². The van der Waals surface area contributed by atoms with E-state index < -0.39 is 0 Å². The minimum absolute atomic E-state index is 0.302. The minimum Gasteiger partial charge on any atom is -0.423 e. The molecule has 13 heavy (non-hydrogen) atoms. The Morgan fingerprint density at radius 1 is 1.00 bits per heavy atom. The van der Waals surface area contributed by atoms with Gasteiger partial charge in [-0.25, -0.2) is 4.79 Å². The van der Waals surface area contributed by atoms with Crippen molar-refractivity contribution in [3.63, 3.8) is 0 Å². The number of hydrazine groups is 1. The van der Waals surface area contributed by atoms with Crippen LogP contribution in [0.5, 0.6) is 0 Å². The quantitative estimate of drug-likeness (QED) is 0.352. The molecule has 0 aliphatic carbocycles. The molecule has 68 valence electrons. The minimum atomic E-state index is -0.302. The Hall–Kier alpha value is -1.65. The summed E-state index contributed by atoms with van der Waals surface area (Å²) in [6.45, 7) is 0. The first kappa shape index (κ1) is 9.44. The zero-order chi connectivity index (χ0) is 9.68. The first-order chi connectivity index (χ1) is 6.36. The fourth-order valence-corrected chi connectivity index (χ4v) is 1.01. The Kier molecular flexibility index (Phi) is 3.19. The molecular formula is C9H10N2O2. The number of nitrogens with two attached hydrogens (primary N) is 2. The van der Waals surface area contributed by atoms with Gasteiger partial charge in [0.05, 0.1) is 0 Å². The summed E-state index contributed by atoms with van der Waals surface area (Å²) >= 11 is 0. The van der Waals surface area contributed by atoms with Crippen LogP contribution in [-0.2, 0) is 0 Å². The van der Waals surface area contributed by atoms with Crippen molar-refractivity contribution in [2.45, 2.75) is 0 Å². The van der Waals surface area contributed by atoms with Crippen LogP contribution >= 0.6 is 0 Å². The highest BCUT2D eigenvalue weighted by molar-refractivity contribution is 5.75. The molecule has 0 spiro atoms. The number of fused-ring (bicyclic) bond motifs is 1. The number of benzene rings is 1. The van der Waals surface area contributed by atoms with Gasteiger partial charge in [0, 0.05) is 11.5 Å². The summed E-state index contributed by atoms with van der Waals surface area (Å²) in [5, 5.41) is 0.951. The first-order valence-electron chi connectivity index (χ1n) is 3.68. The molecule has 0 amide bonds. The van der Waals surface area contributed by atoms with Crippen molar-refractivity contribution in [3.05, 3.63) is 46.8 Å². The second-order valence-corrected chi connectivity index (χ2v) is 2.29. The molecule has 0 bridgehead atoms. The fourth-order valence-electron chi connectivity index (χ4n) is 1.01. The van der Waals surface area contributed by atoms with Crippen molar-refractivity contribution in [1.82, 2.24) is 0 Å². The lowest BCUT2D eigenvalue weighted by Gasteiger charge is -1.91. The summed E-state index contributed by atoms with van der Waals surface area (Å²) in [7, 11) is 0. The van der Waals surface area contributed by atoms with Crippen molar-refractivity contribution in [2.75, 3.05) is 0 Å². The van der Waals surface area contributed by atoms with Crippen molar-refractivity contribution < 1.29 is 4.42 Å². The molecule has 0 saturated heterocycles. The van der Waals surface area contributed by atoms with E-state index in [1.807, 2.05) is 18.2 Å². The Morgan fingerprint density at radius 3 is 2.46 bits per heavy atom. The van der Waals surface area contributed by atoms with Gasteiger partial charge in [-0.15, -0.1) is 0 Å². The molecule has 4 heteroatoms. The summed E-state index contributed by atoms with van der Waals surface area (Å²) in [5.41, 5.74) is 0.337. The van der Waals surface area contributed by atoms with Crippen LogP contribution in [0.2, 0.25) is 0 Å². The van der Waals surface area contributed by atoms with E-state index in [0.717, 1.165) is 5.39 Å². The van der Waals surface area contributed by atoms with Gasteiger partial charge < -0.3 is 4.42 Å². The van der Waals surface area contributed by atoms with Crippen LogP contribution in [0.3, 0.4) is 0 Å². The lowest BCUT2D eigenvalue weighted by molar-refractivity contribution is 0.561. The predicted molar refractivity (Wildman–Crippen MR) is 50.9 cm³/mol. The lowest BCUT2D eigenvalue weighted by Crippen LogP contribution is -2.02. The molecule has 1 aromatic carbocycles. The van der Waals surface area contributed by atoms with Gasteiger partial charge in [-0.1, -0.05) is 18.2 Å². The molecule has 0 aliphatic heterocycles. The molecule has 0 atom stereocenters. The van der Waals surface area contributed by atoms with Crippen LogP contribution in [0, 0.1) is 0 Å². The Balaban J connectivity index is 0.000000396. The van der Waals surface area contributed by atoms with E-state index in [2.05, 4.69) is 11.7 Å². The average molecular weight is 178 g/mol. The SMILES string of the molecule is NN.O=c1ccc2ccccc2o1. The first-order valence-corrected chi connectivity index (χ1v) is 3.68. The molecule has 0 unspecified atom stereocenters. The smallest absolute Gasteiger partial charge is 0.336 e. The summed E-state index contributed by atoms with van der Waals surface area (Å²) in [6, 6.07) is 10.6. The van der Waals surface area contributed by atoms with Crippen molar-refractivity contribution in [2.24, 2.45) is 11.7 Å². The van der Waals surface area contributed by atoms with Gasteiger partial charge in [0.2, 0.25) is 0 Å². The van der Waals surface area contributed by atoms with E-state index in [1.165, 1.54) is 6.07 Å². The monoisotopic (exact) mass is 178 g/mol. The normalized spacial score (nSPS) is 9.08. The zero-order valence-corrected chi connectivity index (χ0v) is 6.94. The third-order valence-corrected chi connectivity index (χ3v) is 1.53. The number of para-hydroxylation sites is 1. The molecule has 4 N–H and O–H groups in total. The Labute approximate surface area is 74.7 Å². The predicted octanol–water partition coefficient (Wildman–Crippen LogP) is 0.612. The molecule has 0 fully saturated rings. The van der Waals surface area contributed by atoms with E-state index in [0.29, 0.717) is 5.58 Å². The summed E-state index contributed by atoms with van der Waals surface area (Å²) in [5.74, 6) is 8.00. The van der Waals surface area contributed by atoms with Crippen LogP contribution < -0.4 is 17.3 Å². The number of hydrogen-bond acceptors (Lipinski definition) is 4. The molecule has 1 heterocycles. The second kappa shape index (κ2) is 4.39. The van der Waals surface area contributed by atoms with E-state index in [-0.39, 0.29) is 5.63 Å². The molecule has 1 aromatic heterocycles. The summed E-state index contributed by atoms with van der Waals surface area (Å²) < 4.78 is 4.91. The highest BCUT2D eigenvalue weighted by atomic mass is 16.4. The molecule has 2 aromatic rings. The molecule has 0 radical (unpaired) electrons. The van der Waals surface area contributed by atoms with Crippen LogP contribution in [0.15, 0.2) is 45.6 Å². The van der Waals surface area contributed by atoms with Gasteiger partial charge >= 0.3 is 5.63 Å². The van der Waals surface area contributed by atoms with E-state index in [9.17, 15) is 4.79 Å². The number of hydrogen-bond donors (Lipinski definition) is 2. The Morgan fingerprint density at radius 2 is 1.69 bits per heavy atom. The Bertz CT molecular complexity index is 437. The van der Waals surface area contributed by atoms with Crippen LogP contribution in [0.1, 0.15) is 0 Å². The third kappa shape index (κ3) is 2.14. The maximum atomic E-state index is 10.7. The van der Waals surface area contributed by atoms with Crippen molar-refractivity contribution in [1.29, 1.82) is 0 Å². The average Bonchev–Trinajstić information content (AvgIpc) is 2.21. The summed E-state index contributed by atoms with van der Waals surface area (Å²) in [6.07, 6.45) is 0. The zero-order valence-electron chi connectivity index (χ0n) is 6.94. The standard InChI is InChI=1S/C9H6O2.H4N2/c10-9-6-5-7-3-1-2-4-8(7)11-9;1-2/h1-6H;1-2H2. The summed E-state index contributed by atoms with van der Waals surface area (Å²) in [4.78, 5) is 10.7. The molecule has 0 aliphatic rings. The van der Waals surface area contributed by atoms with Crippen LogP contribution in [-0.4, -0.2) is 0 Å². The lowest BCUT2D eigenvalue weighted by atomic mass is 10.2. The molecule has 4 nitrogen and oxygen atoms in total.